The van der Waals surface area contributed by atoms with E-state index in [1.807, 2.05) is 49.4 Å². The van der Waals surface area contributed by atoms with Gasteiger partial charge in [0.15, 0.2) is 11.5 Å². The second-order valence-corrected chi connectivity index (χ2v) is 6.58. The Morgan fingerprint density at radius 2 is 1.83 bits per heavy atom. The van der Waals surface area contributed by atoms with E-state index in [0.29, 0.717) is 35.2 Å². The summed E-state index contributed by atoms with van der Waals surface area (Å²) in [6.07, 6.45) is 0. The number of aromatic nitrogens is 4. The highest BCUT2D eigenvalue weighted by Gasteiger charge is 2.14. The van der Waals surface area contributed by atoms with Gasteiger partial charge in [-0.2, -0.15) is 4.52 Å². The van der Waals surface area contributed by atoms with Crippen LogP contribution in [0.15, 0.2) is 60.7 Å². The number of carbonyl (C=O) groups excluding carboxylic acids is 1. The van der Waals surface area contributed by atoms with Gasteiger partial charge >= 0.3 is 0 Å². The van der Waals surface area contributed by atoms with Gasteiger partial charge in [0.2, 0.25) is 5.88 Å². The van der Waals surface area contributed by atoms with E-state index in [4.69, 9.17) is 9.47 Å². The molecule has 0 bridgehead atoms. The van der Waals surface area contributed by atoms with Crippen molar-refractivity contribution in [1.29, 1.82) is 0 Å². The minimum atomic E-state index is -0.127. The number of methoxy groups -OCH3 is 1. The van der Waals surface area contributed by atoms with Crippen molar-refractivity contribution in [2.24, 2.45) is 0 Å². The summed E-state index contributed by atoms with van der Waals surface area (Å²) in [5.74, 6) is 1.51. The highest BCUT2D eigenvalue weighted by molar-refractivity contribution is 5.95. The number of carbonyl (C=O) groups is 1. The lowest BCUT2D eigenvalue weighted by atomic mass is 10.1. The van der Waals surface area contributed by atoms with Gasteiger partial charge in [0.25, 0.3) is 5.91 Å². The summed E-state index contributed by atoms with van der Waals surface area (Å²) in [5.41, 5.74) is 2.96. The number of benzene rings is 2. The van der Waals surface area contributed by atoms with Crippen molar-refractivity contribution >= 4 is 11.6 Å². The fourth-order valence-electron chi connectivity index (χ4n) is 3.09. The Bertz CT molecular complexity index is 1190. The van der Waals surface area contributed by atoms with Crippen LogP contribution in [0.2, 0.25) is 0 Å². The lowest BCUT2D eigenvalue weighted by molar-refractivity contribution is 0.0946. The molecule has 2 aromatic heterocycles. The fraction of sp³-hybridized carbons (Fsp3) is 0.182. The van der Waals surface area contributed by atoms with Crippen molar-refractivity contribution in [2.75, 3.05) is 20.3 Å². The Hall–Kier alpha value is -3.94. The molecule has 1 amide bonds. The van der Waals surface area contributed by atoms with E-state index in [-0.39, 0.29) is 12.5 Å². The minimum Gasteiger partial charge on any atom is -0.496 e. The molecule has 2 aromatic carbocycles. The van der Waals surface area contributed by atoms with Gasteiger partial charge in [-0.3, -0.25) is 4.79 Å². The van der Waals surface area contributed by atoms with Gasteiger partial charge in [0.05, 0.1) is 19.2 Å². The van der Waals surface area contributed by atoms with Crippen LogP contribution in [0.25, 0.3) is 17.0 Å². The molecule has 2 heterocycles. The molecule has 0 aliphatic heterocycles. The molecule has 0 unspecified atom stereocenters. The summed E-state index contributed by atoms with van der Waals surface area (Å²) in [7, 11) is 1.61. The molecule has 8 nitrogen and oxygen atoms in total. The number of nitrogens with zero attached hydrogens (tertiary/aromatic N) is 4. The average molecular weight is 403 g/mol. The first-order valence-corrected chi connectivity index (χ1v) is 9.50. The standard InChI is InChI=1S/C22H21N5O3/c1-15-7-3-4-8-16(15)22(28)23-13-14-30-20-12-11-19-24-25-21(27(19)26-20)17-9-5-6-10-18(17)29-2/h3-12H,13-14H2,1-2H3,(H,23,28). The van der Waals surface area contributed by atoms with E-state index in [1.165, 1.54) is 0 Å². The smallest absolute Gasteiger partial charge is 0.251 e. The Kier molecular flexibility index (Phi) is 5.56. The van der Waals surface area contributed by atoms with Gasteiger partial charge in [-0.25, -0.2) is 0 Å². The van der Waals surface area contributed by atoms with Crippen molar-refractivity contribution in [3.8, 4) is 23.0 Å². The first-order valence-electron chi connectivity index (χ1n) is 9.50. The van der Waals surface area contributed by atoms with Crippen LogP contribution in [0.4, 0.5) is 0 Å². The Labute approximate surface area is 173 Å². The molecule has 0 atom stereocenters. The lowest BCUT2D eigenvalue weighted by Gasteiger charge is -2.09. The largest absolute Gasteiger partial charge is 0.496 e. The summed E-state index contributed by atoms with van der Waals surface area (Å²) in [6, 6.07) is 18.5. The van der Waals surface area contributed by atoms with Crippen LogP contribution in [0.3, 0.4) is 0 Å². The molecule has 0 aliphatic rings. The van der Waals surface area contributed by atoms with Crippen LogP contribution in [0.1, 0.15) is 15.9 Å². The monoisotopic (exact) mass is 403 g/mol. The van der Waals surface area contributed by atoms with Crippen LogP contribution in [-0.4, -0.2) is 46.0 Å². The number of rotatable bonds is 7. The highest BCUT2D eigenvalue weighted by atomic mass is 16.5. The third-order valence-corrected chi connectivity index (χ3v) is 4.61. The van der Waals surface area contributed by atoms with Crippen molar-refractivity contribution < 1.29 is 14.3 Å². The average Bonchev–Trinajstić information content (AvgIpc) is 3.20. The van der Waals surface area contributed by atoms with Gasteiger partial charge in [-0.05, 0) is 36.8 Å². The molecule has 152 valence electrons. The molecule has 0 fully saturated rings. The Morgan fingerprint density at radius 1 is 1.03 bits per heavy atom. The lowest BCUT2D eigenvalue weighted by Crippen LogP contribution is -2.28. The van der Waals surface area contributed by atoms with Gasteiger partial charge in [0, 0.05) is 11.6 Å². The molecule has 0 spiro atoms. The second-order valence-electron chi connectivity index (χ2n) is 6.58. The van der Waals surface area contributed by atoms with E-state index >= 15 is 0 Å². The maximum atomic E-state index is 12.3. The predicted octanol–water partition coefficient (Wildman–Crippen LogP) is 2.92. The van der Waals surface area contributed by atoms with E-state index < -0.39 is 0 Å². The van der Waals surface area contributed by atoms with Crippen LogP contribution in [0, 0.1) is 6.92 Å². The number of ether oxygens (including phenoxy) is 2. The maximum Gasteiger partial charge on any atom is 0.251 e. The molecular formula is C22H21N5O3. The van der Waals surface area contributed by atoms with E-state index in [2.05, 4.69) is 20.6 Å². The molecule has 0 radical (unpaired) electrons. The van der Waals surface area contributed by atoms with Crippen molar-refractivity contribution in [3.05, 3.63) is 71.8 Å². The van der Waals surface area contributed by atoms with Crippen LogP contribution in [-0.2, 0) is 0 Å². The Morgan fingerprint density at radius 3 is 2.67 bits per heavy atom. The molecular weight excluding hydrogens is 382 g/mol. The van der Waals surface area contributed by atoms with E-state index in [1.54, 1.807) is 29.8 Å². The molecule has 0 aliphatic carbocycles. The molecule has 8 heteroatoms. The van der Waals surface area contributed by atoms with Crippen molar-refractivity contribution in [3.63, 3.8) is 0 Å². The zero-order chi connectivity index (χ0) is 20.9. The number of hydrogen-bond acceptors (Lipinski definition) is 6. The first-order chi connectivity index (χ1) is 14.7. The summed E-state index contributed by atoms with van der Waals surface area (Å²) in [6.45, 7) is 2.54. The fourth-order valence-corrected chi connectivity index (χ4v) is 3.09. The van der Waals surface area contributed by atoms with Gasteiger partial charge in [-0.15, -0.1) is 15.3 Å². The normalized spacial score (nSPS) is 10.7. The number of para-hydroxylation sites is 1. The predicted molar refractivity (Wildman–Crippen MR) is 112 cm³/mol. The molecule has 30 heavy (non-hydrogen) atoms. The maximum absolute atomic E-state index is 12.3. The summed E-state index contributed by atoms with van der Waals surface area (Å²) in [5, 5.41) is 15.7. The number of aryl methyl sites for hydroxylation is 1. The van der Waals surface area contributed by atoms with Crippen LogP contribution in [0.5, 0.6) is 11.6 Å². The third kappa shape index (κ3) is 3.93. The van der Waals surface area contributed by atoms with Gasteiger partial charge < -0.3 is 14.8 Å². The minimum absolute atomic E-state index is 0.127. The zero-order valence-corrected chi connectivity index (χ0v) is 16.7. The molecule has 4 aromatic rings. The molecule has 4 rings (SSSR count). The number of hydrogen-bond donors (Lipinski definition) is 1. The van der Waals surface area contributed by atoms with Gasteiger partial charge in [-0.1, -0.05) is 30.3 Å². The molecule has 0 saturated heterocycles. The molecule has 0 saturated carbocycles. The number of nitrogens with one attached hydrogen (secondary N) is 1. The zero-order valence-electron chi connectivity index (χ0n) is 16.7. The van der Waals surface area contributed by atoms with E-state index in [0.717, 1.165) is 11.1 Å². The van der Waals surface area contributed by atoms with Gasteiger partial charge in [0.1, 0.15) is 12.4 Å². The van der Waals surface area contributed by atoms with Crippen LogP contribution < -0.4 is 14.8 Å². The first kappa shape index (κ1) is 19.4. The SMILES string of the molecule is COc1ccccc1-c1nnc2ccc(OCCNC(=O)c3ccccc3C)nn12. The van der Waals surface area contributed by atoms with E-state index in [9.17, 15) is 4.79 Å². The highest BCUT2D eigenvalue weighted by Crippen LogP contribution is 2.28. The quantitative estimate of drug-likeness (QED) is 0.477. The number of fused-ring (bicyclic) bond motifs is 1. The summed E-state index contributed by atoms with van der Waals surface area (Å²) >= 11 is 0. The topological polar surface area (TPSA) is 90.6 Å². The summed E-state index contributed by atoms with van der Waals surface area (Å²) in [4.78, 5) is 12.3. The van der Waals surface area contributed by atoms with Crippen molar-refractivity contribution in [1.82, 2.24) is 25.1 Å². The third-order valence-electron chi connectivity index (χ3n) is 4.61. The summed E-state index contributed by atoms with van der Waals surface area (Å²) < 4.78 is 12.7. The number of amides is 1. The second kappa shape index (κ2) is 8.60. The molecule has 1 N–H and O–H groups in total. The Balaban J connectivity index is 1.44. The van der Waals surface area contributed by atoms with Crippen LogP contribution >= 0.6 is 0 Å². The van der Waals surface area contributed by atoms with Crippen molar-refractivity contribution in [2.45, 2.75) is 6.92 Å².